The van der Waals surface area contributed by atoms with E-state index in [0.29, 0.717) is 18.2 Å². The van der Waals surface area contributed by atoms with Gasteiger partial charge in [0.2, 0.25) is 0 Å². The molecular formula is C10H12BrClN2O2. The van der Waals surface area contributed by atoms with Crippen molar-refractivity contribution in [3.8, 4) is 0 Å². The summed E-state index contributed by atoms with van der Waals surface area (Å²) in [7, 11) is 1.56. The van der Waals surface area contributed by atoms with E-state index >= 15 is 0 Å². The van der Waals surface area contributed by atoms with Crippen molar-refractivity contribution in [3.63, 3.8) is 0 Å². The zero-order chi connectivity index (χ0) is 12.0. The molecule has 0 aliphatic heterocycles. The van der Waals surface area contributed by atoms with Crippen LogP contribution in [0, 0.1) is 0 Å². The molecule has 1 unspecified atom stereocenters. The van der Waals surface area contributed by atoms with E-state index in [1.807, 2.05) is 0 Å². The van der Waals surface area contributed by atoms with Crippen LogP contribution >= 0.6 is 27.5 Å². The summed E-state index contributed by atoms with van der Waals surface area (Å²) in [5.74, 6) is 0.0473. The van der Waals surface area contributed by atoms with E-state index in [-0.39, 0.29) is 11.9 Å². The molecule has 0 saturated heterocycles. The molecule has 1 N–H and O–H groups in total. The third-order valence-electron chi connectivity index (χ3n) is 1.85. The Labute approximate surface area is 107 Å². The first kappa shape index (κ1) is 13.4. The predicted octanol–water partition coefficient (Wildman–Crippen LogP) is 1.83. The number of carbonyl (C=O) groups excluding carboxylic acids is 1. The lowest BCUT2D eigenvalue weighted by atomic mass is 10.3. The van der Waals surface area contributed by atoms with Crippen LogP contribution in [-0.2, 0) is 4.74 Å². The van der Waals surface area contributed by atoms with Gasteiger partial charge in [0.05, 0.1) is 12.6 Å². The molecule has 16 heavy (non-hydrogen) atoms. The quantitative estimate of drug-likeness (QED) is 0.844. The Hall–Kier alpha value is -0.650. The number of carbonyl (C=O) groups is 1. The fourth-order valence-electron chi connectivity index (χ4n) is 1.10. The van der Waals surface area contributed by atoms with Crippen LogP contribution in [0.15, 0.2) is 22.8 Å². The van der Waals surface area contributed by atoms with E-state index < -0.39 is 0 Å². The average Bonchev–Trinajstić information content (AvgIpc) is 2.29. The fourth-order valence-corrected chi connectivity index (χ4v) is 1.50. The van der Waals surface area contributed by atoms with Gasteiger partial charge in [-0.2, -0.15) is 0 Å². The number of alkyl halides is 1. The average molecular weight is 308 g/mol. The summed E-state index contributed by atoms with van der Waals surface area (Å²) >= 11 is 8.93. The highest BCUT2D eigenvalue weighted by atomic mass is 79.9. The maximum atomic E-state index is 11.7. The van der Waals surface area contributed by atoms with Crippen LogP contribution in [-0.4, -0.2) is 36.5 Å². The largest absolute Gasteiger partial charge is 0.383 e. The number of rotatable bonds is 5. The smallest absolute Gasteiger partial charge is 0.270 e. The molecule has 1 aromatic heterocycles. The van der Waals surface area contributed by atoms with Crippen molar-refractivity contribution in [1.29, 1.82) is 0 Å². The molecule has 0 aliphatic rings. The zero-order valence-corrected chi connectivity index (χ0v) is 11.1. The second-order valence-corrected chi connectivity index (χ2v) is 4.37. The molecule has 0 saturated carbocycles. The van der Waals surface area contributed by atoms with Crippen LogP contribution in [0.4, 0.5) is 0 Å². The molecule has 1 heterocycles. The molecule has 1 aromatic rings. The lowest BCUT2D eigenvalue weighted by molar-refractivity contribution is 0.0902. The summed E-state index contributed by atoms with van der Waals surface area (Å²) in [6.07, 6.45) is 1.57. The summed E-state index contributed by atoms with van der Waals surface area (Å²) < 4.78 is 5.75. The summed E-state index contributed by atoms with van der Waals surface area (Å²) in [6, 6.07) is 3.19. The number of nitrogens with zero attached hydrogens (tertiary/aromatic N) is 1. The van der Waals surface area contributed by atoms with Gasteiger partial charge in [-0.1, -0.05) is 0 Å². The number of hydrogen-bond acceptors (Lipinski definition) is 3. The SMILES string of the molecule is COCC(CCl)NC(=O)c1ccc(Br)cn1. The third kappa shape index (κ3) is 4.08. The molecule has 0 aromatic carbocycles. The van der Waals surface area contributed by atoms with Crippen molar-refractivity contribution in [2.75, 3.05) is 19.6 Å². The van der Waals surface area contributed by atoms with Crippen molar-refractivity contribution in [3.05, 3.63) is 28.5 Å². The molecule has 0 aliphatic carbocycles. The van der Waals surface area contributed by atoms with E-state index in [1.165, 1.54) is 0 Å². The van der Waals surface area contributed by atoms with E-state index in [9.17, 15) is 4.79 Å². The van der Waals surface area contributed by atoms with Gasteiger partial charge >= 0.3 is 0 Å². The number of pyridine rings is 1. The number of hydrogen-bond donors (Lipinski definition) is 1. The van der Waals surface area contributed by atoms with Gasteiger partial charge in [-0.15, -0.1) is 11.6 Å². The number of halogens is 2. The van der Waals surface area contributed by atoms with E-state index in [0.717, 1.165) is 4.47 Å². The van der Waals surface area contributed by atoms with Crippen molar-refractivity contribution in [2.24, 2.45) is 0 Å². The maximum absolute atomic E-state index is 11.7. The first-order valence-electron chi connectivity index (χ1n) is 4.64. The zero-order valence-electron chi connectivity index (χ0n) is 8.74. The number of aromatic nitrogens is 1. The normalized spacial score (nSPS) is 12.2. The van der Waals surface area contributed by atoms with Gasteiger partial charge in [0.25, 0.3) is 5.91 Å². The van der Waals surface area contributed by atoms with Crippen molar-refractivity contribution in [1.82, 2.24) is 10.3 Å². The molecule has 0 bridgehead atoms. The Bertz CT molecular complexity index is 345. The fraction of sp³-hybridized carbons (Fsp3) is 0.400. The van der Waals surface area contributed by atoms with Gasteiger partial charge in [0, 0.05) is 23.7 Å². The molecule has 1 atom stereocenters. The topological polar surface area (TPSA) is 51.2 Å². The van der Waals surface area contributed by atoms with Gasteiger partial charge in [-0.05, 0) is 28.1 Å². The molecule has 4 nitrogen and oxygen atoms in total. The second-order valence-electron chi connectivity index (χ2n) is 3.14. The van der Waals surface area contributed by atoms with Crippen molar-refractivity contribution in [2.45, 2.75) is 6.04 Å². The summed E-state index contributed by atoms with van der Waals surface area (Å²) in [6.45, 7) is 0.381. The standard InChI is InChI=1S/C10H12BrClN2O2/c1-16-6-8(4-12)14-10(15)9-3-2-7(11)5-13-9/h2-3,5,8H,4,6H2,1H3,(H,14,15). The van der Waals surface area contributed by atoms with Crippen LogP contribution in [0.1, 0.15) is 10.5 Å². The third-order valence-corrected chi connectivity index (χ3v) is 2.69. The number of ether oxygens (including phenoxy) is 1. The van der Waals surface area contributed by atoms with Crippen LogP contribution < -0.4 is 5.32 Å². The minimum Gasteiger partial charge on any atom is -0.383 e. The molecular weight excluding hydrogens is 295 g/mol. The van der Waals surface area contributed by atoms with Gasteiger partial charge in [0.1, 0.15) is 5.69 Å². The number of methoxy groups -OCH3 is 1. The molecule has 88 valence electrons. The number of amides is 1. The van der Waals surface area contributed by atoms with Gasteiger partial charge in [-0.25, -0.2) is 4.98 Å². The minimum absolute atomic E-state index is 0.204. The van der Waals surface area contributed by atoms with Gasteiger partial charge in [0.15, 0.2) is 0 Å². The van der Waals surface area contributed by atoms with Crippen LogP contribution in [0.3, 0.4) is 0 Å². The predicted molar refractivity (Wildman–Crippen MR) is 65.8 cm³/mol. The van der Waals surface area contributed by atoms with E-state index in [4.69, 9.17) is 16.3 Å². The molecule has 0 fully saturated rings. The van der Waals surface area contributed by atoms with E-state index in [1.54, 1.807) is 25.4 Å². The Morgan fingerprint density at radius 2 is 2.44 bits per heavy atom. The lowest BCUT2D eigenvalue weighted by Crippen LogP contribution is -2.39. The molecule has 1 rings (SSSR count). The summed E-state index contributed by atoms with van der Waals surface area (Å²) in [5.41, 5.74) is 0.356. The second kappa shape index (κ2) is 6.83. The van der Waals surface area contributed by atoms with Crippen LogP contribution in [0.2, 0.25) is 0 Å². The first-order valence-corrected chi connectivity index (χ1v) is 5.97. The molecule has 6 heteroatoms. The van der Waals surface area contributed by atoms with Crippen LogP contribution in [0.5, 0.6) is 0 Å². The highest BCUT2D eigenvalue weighted by Gasteiger charge is 2.13. The Balaban J connectivity index is 2.60. The van der Waals surface area contributed by atoms with Crippen molar-refractivity contribution < 1.29 is 9.53 Å². The van der Waals surface area contributed by atoms with Gasteiger partial charge in [-0.3, -0.25) is 4.79 Å². The number of nitrogens with one attached hydrogen (secondary N) is 1. The minimum atomic E-state index is -0.254. The van der Waals surface area contributed by atoms with Crippen molar-refractivity contribution >= 4 is 33.4 Å². The van der Waals surface area contributed by atoms with Crippen LogP contribution in [0.25, 0.3) is 0 Å². The Morgan fingerprint density at radius 3 is 2.94 bits per heavy atom. The summed E-state index contributed by atoms with van der Waals surface area (Å²) in [5, 5.41) is 2.73. The molecule has 1 amide bonds. The highest BCUT2D eigenvalue weighted by molar-refractivity contribution is 9.10. The summed E-state index contributed by atoms with van der Waals surface area (Å²) in [4.78, 5) is 15.7. The first-order chi connectivity index (χ1) is 7.67. The lowest BCUT2D eigenvalue weighted by Gasteiger charge is -2.14. The Morgan fingerprint density at radius 1 is 1.69 bits per heavy atom. The molecule has 0 radical (unpaired) electrons. The van der Waals surface area contributed by atoms with Gasteiger partial charge < -0.3 is 10.1 Å². The maximum Gasteiger partial charge on any atom is 0.270 e. The highest BCUT2D eigenvalue weighted by Crippen LogP contribution is 2.07. The van der Waals surface area contributed by atoms with E-state index in [2.05, 4.69) is 26.2 Å². The Kier molecular flexibility index (Phi) is 5.73. The molecule has 0 spiro atoms. The monoisotopic (exact) mass is 306 g/mol.